The largest absolute Gasteiger partial charge is 0.492 e. The molecule has 2 nitrogen and oxygen atoms in total. The highest BCUT2D eigenvalue weighted by Gasteiger charge is 2.13. The average Bonchev–Trinajstić information content (AvgIpc) is 2.17. The topological polar surface area (TPSA) is 18.5 Å². The van der Waals surface area contributed by atoms with Crippen molar-refractivity contribution in [2.75, 3.05) is 20.5 Å². The number of rotatable bonds is 3. The number of methoxy groups -OCH3 is 2. The normalized spacial score (nSPS) is 9.85. The fourth-order valence-electron chi connectivity index (χ4n) is 1.06. The highest BCUT2D eigenvalue weighted by Crippen LogP contribution is 2.38. The molecule has 13 heavy (non-hydrogen) atoms. The van der Waals surface area contributed by atoms with Gasteiger partial charge in [0.05, 0.1) is 19.1 Å². The molecule has 0 heterocycles. The van der Waals surface area contributed by atoms with Gasteiger partial charge < -0.3 is 9.47 Å². The van der Waals surface area contributed by atoms with Crippen LogP contribution < -0.4 is 9.47 Å². The molecular formula is C9H11FO2S. The van der Waals surface area contributed by atoms with E-state index in [0.717, 1.165) is 4.90 Å². The SMILES string of the molecule is COc1c(F)ccc(SC)c1OC. The quantitative estimate of drug-likeness (QED) is 0.702. The van der Waals surface area contributed by atoms with Crippen molar-refractivity contribution in [2.24, 2.45) is 0 Å². The van der Waals surface area contributed by atoms with E-state index in [-0.39, 0.29) is 5.75 Å². The number of ether oxygens (including phenoxy) is 2. The van der Waals surface area contributed by atoms with Crippen LogP contribution >= 0.6 is 11.8 Å². The summed E-state index contributed by atoms with van der Waals surface area (Å²) in [5.74, 6) is 0.210. The first-order valence-electron chi connectivity index (χ1n) is 3.69. The van der Waals surface area contributed by atoms with Crippen molar-refractivity contribution in [2.45, 2.75) is 4.90 Å². The lowest BCUT2D eigenvalue weighted by molar-refractivity contribution is 0.331. The molecule has 0 bridgehead atoms. The fourth-order valence-corrected chi connectivity index (χ4v) is 1.63. The molecule has 0 aliphatic heterocycles. The molecule has 0 aliphatic carbocycles. The molecule has 0 atom stereocenters. The summed E-state index contributed by atoms with van der Waals surface area (Å²) in [6.07, 6.45) is 1.90. The van der Waals surface area contributed by atoms with Gasteiger partial charge in [-0.3, -0.25) is 0 Å². The van der Waals surface area contributed by atoms with E-state index in [4.69, 9.17) is 9.47 Å². The van der Waals surface area contributed by atoms with Crippen LogP contribution in [0.25, 0.3) is 0 Å². The Bertz CT molecular complexity index is 302. The van der Waals surface area contributed by atoms with Crippen molar-refractivity contribution in [1.29, 1.82) is 0 Å². The lowest BCUT2D eigenvalue weighted by Gasteiger charge is -2.11. The van der Waals surface area contributed by atoms with Gasteiger partial charge in [-0.25, -0.2) is 4.39 Å². The zero-order chi connectivity index (χ0) is 9.84. The minimum atomic E-state index is -0.405. The highest BCUT2D eigenvalue weighted by atomic mass is 32.2. The molecule has 0 saturated heterocycles. The first kappa shape index (κ1) is 10.2. The molecule has 0 amide bonds. The summed E-state index contributed by atoms with van der Waals surface area (Å²) in [5.41, 5.74) is 0. The van der Waals surface area contributed by atoms with Crippen LogP contribution in [0.1, 0.15) is 0 Å². The summed E-state index contributed by atoms with van der Waals surface area (Å²) in [4.78, 5) is 0.862. The van der Waals surface area contributed by atoms with Gasteiger partial charge in [0.2, 0.25) is 0 Å². The van der Waals surface area contributed by atoms with Crippen molar-refractivity contribution >= 4 is 11.8 Å². The average molecular weight is 202 g/mol. The minimum Gasteiger partial charge on any atom is -0.492 e. The second kappa shape index (κ2) is 4.37. The molecule has 0 radical (unpaired) electrons. The van der Waals surface area contributed by atoms with Crippen molar-refractivity contribution in [1.82, 2.24) is 0 Å². The predicted octanol–water partition coefficient (Wildman–Crippen LogP) is 2.56. The Morgan fingerprint density at radius 2 is 1.77 bits per heavy atom. The molecule has 72 valence electrons. The maximum atomic E-state index is 13.1. The molecule has 4 heteroatoms. The van der Waals surface area contributed by atoms with E-state index in [1.807, 2.05) is 6.26 Å². The summed E-state index contributed by atoms with van der Waals surface area (Å²) in [7, 11) is 2.92. The Morgan fingerprint density at radius 3 is 2.23 bits per heavy atom. The van der Waals surface area contributed by atoms with Gasteiger partial charge in [-0.05, 0) is 18.4 Å². The Hall–Kier alpha value is -0.900. The molecule has 1 aromatic rings. The lowest BCUT2D eigenvalue weighted by atomic mass is 10.3. The van der Waals surface area contributed by atoms with Crippen molar-refractivity contribution in [3.8, 4) is 11.5 Å². The molecule has 1 aromatic carbocycles. The Kier molecular flexibility index (Phi) is 3.42. The zero-order valence-corrected chi connectivity index (χ0v) is 8.57. The van der Waals surface area contributed by atoms with Crippen LogP contribution in [-0.2, 0) is 0 Å². The number of thioether (sulfide) groups is 1. The van der Waals surface area contributed by atoms with Crippen LogP contribution in [0.3, 0.4) is 0 Å². The van der Waals surface area contributed by atoms with Crippen molar-refractivity contribution in [3.63, 3.8) is 0 Å². The first-order chi connectivity index (χ1) is 6.24. The third-order valence-electron chi connectivity index (χ3n) is 1.66. The van der Waals surface area contributed by atoms with Crippen LogP contribution in [0.15, 0.2) is 17.0 Å². The van der Waals surface area contributed by atoms with Gasteiger partial charge in [-0.2, -0.15) is 0 Å². The van der Waals surface area contributed by atoms with E-state index in [0.29, 0.717) is 5.75 Å². The molecule has 0 N–H and O–H groups in total. The second-order valence-electron chi connectivity index (χ2n) is 2.32. The van der Waals surface area contributed by atoms with Crippen LogP contribution in [0.2, 0.25) is 0 Å². The summed E-state index contributed by atoms with van der Waals surface area (Å²) >= 11 is 1.49. The van der Waals surface area contributed by atoms with E-state index in [1.54, 1.807) is 6.07 Å². The number of hydrogen-bond donors (Lipinski definition) is 0. The van der Waals surface area contributed by atoms with Gasteiger partial charge >= 0.3 is 0 Å². The predicted molar refractivity (Wildman–Crippen MR) is 51.3 cm³/mol. The van der Waals surface area contributed by atoms with Gasteiger partial charge in [-0.15, -0.1) is 11.8 Å². The van der Waals surface area contributed by atoms with E-state index in [9.17, 15) is 4.39 Å². The van der Waals surface area contributed by atoms with Gasteiger partial charge in [0.15, 0.2) is 17.3 Å². The van der Waals surface area contributed by atoms with E-state index >= 15 is 0 Å². The third-order valence-corrected chi connectivity index (χ3v) is 2.42. The molecule has 0 unspecified atom stereocenters. The molecular weight excluding hydrogens is 191 g/mol. The third kappa shape index (κ3) is 1.88. The Labute approximate surface area is 81.0 Å². The Balaban J connectivity index is 3.27. The summed E-state index contributed by atoms with van der Waals surface area (Å²) in [6, 6.07) is 3.04. The summed E-state index contributed by atoms with van der Waals surface area (Å²) in [5, 5.41) is 0. The first-order valence-corrected chi connectivity index (χ1v) is 4.91. The smallest absolute Gasteiger partial charge is 0.197 e. The van der Waals surface area contributed by atoms with Gasteiger partial charge in [0.1, 0.15) is 0 Å². The second-order valence-corrected chi connectivity index (χ2v) is 3.16. The van der Waals surface area contributed by atoms with Gasteiger partial charge in [0, 0.05) is 0 Å². The highest BCUT2D eigenvalue weighted by molar-refractivity contribution is 7.98. The van der Waals surface area contributed by atoms with Crippen LogP contribution in [0.5, 0.6) is 11.5 Å². The molecule has 1 rings (SSSR count). The maximum absolute atomic E-state index is 13.1. The molecule has 0 saturated carbocycles. The van der Waals surface area contributed by atoms with Crippen LogP contribution in [-0.4, -0.2) is 20.5 Å². The lowest BCUT2D eigenvalue weighted by Crippen LogP contribution is -1.95. The zero-order valence-electron chi connectivity index (χ0n) is 7.76. The van der Waals surface area contributed by atoms with Gasteiger partial charge in [-0.1, -0.05) is 0 Å². The standard InChI is InChI=1S/C9H11FO2S/c1-11-8-6(10)4-5-7(13-3)9(8)12-2/h4-5H,1-3H3. The van der Waals surface area contributed by atoms with E-state index in [1.165, 1.54) is 32.0 Å². The van der Waals surface area contributed by atoms with Gasteiger partial charge in [0.25, 0.3) is 0 Å². The monoisotopic (exact) mass is 202 g/mol. The number of halogens is 1. The Morgan fingerprint density at radius 1 is 1.15 bits per heavy atom. The van der Waals surface area contributed by atoms with Crippen LogP contribution in [0.4, 0.5) is 4.39 Å². The molecule has 0 aliphatic rings. The summed E-state index contributed by atoms with van der Waals surface area (Å²) in [6.45, 7) is 0. The molecule has 0 aromatic heterocycles. The molecule has 0 fully saturated rings. The van der Waals surface area contributed by atoms with Crippen LogP contribution in [0, 0.1) is 5.82 Å². The summed E-state index contributed by atoms with van der Waals surface area (Å²) < 4.78 is 23.1. The molecule has 0 spiro atoms. The number of hydrogen-bond acceptors (Lipinski definition) is 3. The van der Waals surface area contributed by atoms with Crippen molar-refractivity contribution in [3.05, 3.63) is 17.9 Å². The van der Waals surface area contributed by atoms with E-state index in [2.05, 4.69) is 0 Å². The number of benzene rings is 1. The van der Waals surface area contributed by atoms with Crippen molar-refractivity contribution < 1.29 is 13.9 Å². The van der Waals surface area contributed by atoms with E-state index < -0.39 is 5.82 Å². The minimum absolute atomic E-state index is 0.161. The fraction of sp³-hybridized carbons (Fsp3) is 0.333. The maximum Gasteiger partial charge on any atom is 0.197 e.